The lowest BCUT2D eigenvalue weighted by Crippen LogP contribution is -2.34. The summed E-state index contributed by atoms with van der Waals surface area (Å²) in [7, 11) is 0. The Kier molecular flexibility index (Phi) is 4.63. The molecular formula is C15H16F4N4O2. The lowest BCUT2D eigenvalue weighted by molar-refractivity contribution is -0.148. The third-order valence-corrected chi connectivity index (χ3v) is 4.08. The number of nitrogens with two attached hydrogens (primary N) is 1. The van der Waals surface area contributed by atoms with E-state index in [-0.39, 0.29) is 11.8 Å². The number of hydrogen-bond donors (Lipinski definition) is 1. The molecule has 0 amide bonds. The SMILES string of the molecule is NC1(c2noc(-c3ccc(OCC(F)(F)C(F)F)nc3)n2)CCCC1. The van der Waals surface area contributed by atoms with Crippen molar-refractivity contribution in [1.29, 1.82) is 0 Å². The number of pyridine rings is 1. The minimum absolute atomic E-state index is 0.184. The van der Waals surface area contributed by atoms with Gasteiger partial charge in [-0.25, -0.2) is 13.8 Å². The quantitative estimate of drug-likeness (QED) is 0.797. The molecule has 2 aromatic rings. The monoisotopic (exact) mass is 360 g/mol. The van der Waals surface area contributed by atoms with Gasteiger partial charge in [0.15, 0.2) is 12.4 Å². The van der Waals surface area contributed by atoms with Gasteiger partial charge >= 0.3 is 12.3 Å². The van der Waals surface area contributed by atoms with E-state index in [1.807, 2.05) is 0 Å². The smallest absolute Gasteiger partial charge is 0.340 e. The number of alkyl halides is 4. The molecule has 2 aromatic heterocycles. The van der Waals surface area contributed by atoms with Crippen LogP contribution in [0.5, 0.6) is 5.88 Å². The summed E-state index contributed by atoms with van der Waals surface area (Å²) in [5.74, 6) is -3.85. The molecule has 0 aromatic carbocycles. The van der Waals surface area contributed by atoms with Crippen molar-refractivity contribution < 1.29 is 26.8 Å². The molecule has 1 aliphatic rings. The zero-order valence-electron chi connectivity index (χ0n) is 13.1. The van der Waals surface area contributed by atoms with Crippen LogP contribution in [-0.2, 0) is 5.54 Å². The van der Waals surface area contributed by atoms with Crippen LogP contribution in [0.15, 0.2) is 22.9 Å². The van der Waals surface area contributed by atoms with Crippen LogP contribution in [0.25, 0.3) is 11.5 Å². The van der Waals surface area contributed by atoms with E-state index in [0.717, 1.165) is 25.7 Å². The average molecular weight is 360 g/mol. The molecule has 2 heterocycles. The summed E-state index contributed by atoms with van der Waals surface area (Å²) in [5.41, 5.74) is 6.09. The van der Waals surface area contributed by atoms with E-state index < -0.39 is 24.5 Å². The van der Waals surface area contributed by atoms with Crippen molar-refractivity contribution in [2.24, 2.45) is 5.73 Å². The molecule has 0 bridgehead atoms. The van der Waals surface area contributed by atoms with Crippen LogP contribution in [0.1, 0.15) is 31.5 Å². The Morgan fingerprint density at radius 3 is 2.60 bits per heavy atom. The average Bonchev–Trinajstić information content (AvgIpc) is 3.23. The number of nitrogens with zero attached hydrogens (tertiary/aromatic N) is 3. The molecule has 0 radical (unpaired) electrons. The Balaban J connectivity index is 1.68. The normalized spacial score (nSPS) is 17.2. The number of hydrogen-bond acceptors (Lipinski definition) is 6. The number of ether oxygens (including phenoxy) is 1. The Hall–Kier alpha value is -2.23. The van der Waals surface area contributed by atoms with Gasteiger partial charge < -0.3 is 15.0 Å². The van der Waals surface area contributed by atoms with Crippen LogP contribution < -0.4 is 10.5 Å². The van der Waals surface area contributed by atoms with Crippen molar-refractivity contribution >= 4 is 0 Å². The van der Waals surface area contributed by atoms with E-state index in [0.29, 0.717) is 11.4 Å². The second-order valence-electron chi connectivity index (χ2n) is 6.02. The zero-order valence-corrected chi connectivity index (χ0v) is 13.1. The molecule has 0 unspecified atom stereocenters. The first-order chi connectivity index (χ1) is 11.8. The van der Waals surface area contributed by atoms with Gasteiger partial charge in [0.05, 0.1) is 11.1 Å². The first-order valence-electron chi connectivity index (χ1n) is 7.68. The van der Waals surface area contributed by atoms with Gasteiger partial charge in [-0.2, -0.15) is 13.8 Å². The van der Waals surface area contributed by atoms with Crippen LogP contribution in [0.3, 0.4) is 0 Å². The van der Waals surface area contributed by atoms with Gasteiger partial charge in [-0.15, -0.1) is 0 Å². The number of rotatable bonds is 6. The van der Waals surface area contributed by atoms with Gasteiger partial charge in [0.1, 0.15) is 0 Å². The van der Waals surface area contributed by atoms with Crippen LogP contribution in [0.2, 0.25) is 0 Å². The Labute approximate surface area is 140 Å². The maximum Gasteiger partial charge on any atom is 0.340 e. The summed E-state index contributed by atoms with van der Waals surface area (Å²) < 4.78 is 59.5. The van der Waals surface area contributed by atoms with E-state index in [1.165, 1.54) is 18.3 Å². The first-order valence-corrected chi connectivity index (χ1v) is 7.68. The molecule has 0 atom stereocenters. The summed E-state index contributed by atoms with van der Waals surface area (Å²) in [6.45, 7) is -1.46. The Morgan fingerprint density at radius 1 is 1.28 bits per heavy atom. The highest BCUT2D eigenvalue weighted by molar-refractivity contribution is 5.51. The van der Waals surface area contributed by atoms with Crippen molar-refractivity contribution in [2.75, 3.05) is 6.61 Å². The minimum Gasteiger partial charge on any atom is -0.471 e. The molecule has 1 aliphatic carbocycles. The van der Waals surface area contributed by atoms with E-state index in [4.69, 9.17) is 10.3 Å². The second kappa shape index (κ2) is 6.58. The summed E-state index contributed by atoms with van der Waals surface area (Å²) in [6.07, 6.45) is 1.01. The number of aromatic nitrogens is 3. The van der Waals surface area contributed by atoms with Crippen molar-refractivity contribution in [3.63, 3.8) is 0 Å². The highest BCUT2D eigenvalue weighted by Gasteiger charge is 2.42. The molecule has 136 valence electrons. The zero-order chi connectivity index (χ0) is 18.1. The lowest BCUT2D eigenvalue weighted by Gasteiger charge is -2.17. The Bertz CT molecular complexity index is 715. The Morgan fingerprint density at radius 2 is 2.00 bits per heavy atom. The summed E-state index contributed by atoms with van der Waals surface area (Å²) in [6, 6.07) is 2.71. The fraction of sp³-hybridized carbons (Fsp3) is 0.533. The van der Waals surface area contributed by atoms with Crippen LogP contribution in [0, 0.1) is 0 Å². The van der Waals surface area contributed by atoms with Gasteiger partial charge in [0, 0.05) is 12.3 Å². The fourth-order valence-electron chi connectivity index (χ4n) is 2.60. The highest BCUT2D eigenvalue weighted by atomic mass is 19.3. The molecule has 0 saturated heterocycles. The van der Waals surface area contributed by atoms with Gasteiger partial charge in [-0.1, -0.05) is 18.0 Å². The van der Waals surface area contributed by atoms with Crippen LogP contribution >= 0.6 is 0 Å². The molecule has 10 heteroatoms. The molecular weight excluding hydrogens is 344 g/mol. The van der Waals surface area contributed by atoms with Crippen molar-refractivity contribution in [3.05, 3.63) is 24.2 Å². The molecule has 1 fully saturated rings. The molecule has 3 rings (SSSR count). The van der Waals surface area contributed by atoms with Gasteiger partial charge in [0.25, 0.3) is 5.89 Å². The first kappa shape index (κ1) is 17.6. The summed E-state index contributed by atoms with van der Waals surface area (Å²) in [5, 5.41) is 3.90. The third-order valence-electron chi connectivity index (χ3n) is 4.08. The third kappa shape index (κ3) is 3.73. The minimum atomic E-state index is -4.24. The standard InChI is InChI=1S/C15H16F4N4O2/c16-12(17)15(18,19)8-24-10-4-3-9(7-21-10)11-22-13(23-25-11)14(20)5-1-2-6-14/h3-4,7,12H,1-2,5-6,8,20H2. The van der Waals surface area contributed by atoms with Gasteiger partial charge in [0.2, 0.25) is 5.88 Å². The van der Waals surface area contributed by atoms with E-state index in [1.54, 1.807) is 0 Å². The maximum atomic E-state index is 12.8. The lowest BCUT2D eigenvalue weighted by atomic mass is 9.99. The molecule has 2 N–H and O–H groups in total. The van der Waals surface area contributed by atoms with E-state index >= 15 is 0 Å². The van der Waals surface area contributed by atoms with Crippen LogP contribution in [-0.4, -0.2) is 34.1 Å². The summed E-state index contributed by atoms with van der Waals surface area (Å²) in [4.78, 5) is 8.05. The van der Waals surface area contributed by atoms with Gasteiger partial charge in [-0.05, 0) is 18.9 Å². The van der Waals surface area contributed by atoms with E-state index in [2.05, 4.69) is 19.9 Å². The highest BCUT2D eigenvalue weighted by Crippen LogP contribution is 2.35. The summed E-state index contributed by atoms with van der Waals surface area (Å²) >= 11 is 0. The van der Waals surface area contributed by atoms with Crippen molar-refractivity contribution in [3.8, 4) is 17.3 Å². The second-order valence-corrected chi connectivity index (χ2v) is 6.02. The van der Waals surface area contributed by atoms with Gasteiger partial charge in [-0.3, -0.25) is 0 Å². The maximum absolute atomic E-state index is 12.8. The predicted molar refractivity (Wildman–Crippen MR) is 78.3 cm³/mol. The largest absolute Gasteiger partial charge is 0.471 e. The number of halogens is 4. The van der Waals surface area contributed by atoms with Crippen LogP contribution in [0.4, 0.5) is 17.6 Å². The molecule has 0 aliphatic heterocycles. The fourth-order valence-corrected chi connectivity index (χ4v) is 2.60. The molecule has 25 heavy (non-hydrogen) atoms. The molecule has 0 spiro atoms. The predicted octanol–water partition coefficient (Wildman–Crippen LogP) is 3.14. The van der Waals surface area contributed by atoms with E-state index in [9.17, 15) is 17.6 Å². The van der Waals surface area contributed by atoms with Crippen molar-refractivity contribution in [2.45, 2.75) is 43.6 Å². The van der Waals surface area contributed by atoms with Crippen molar-refractivity contribution in [1.82, 2.24) is 15.1 Å². The molecule has 1 saturated carbocycles. The molecule has 6 nitrogen and oxygen atoms in total. The topological polar surface area (TPSA) is 87.1 Å².